The summed E-state index contributed by atoms with van der Waals surface area (Å²) >= 11 is 0. The molecule has 3 aromatic rings. The maximum atomic E-state index is 13.5. The number of methoxy groups -OCH3 is 2. The second-order valence-electron chi connectivity index (χ2n) is 9.63. The predicted octanol–water partition coefficient (Wildman–Crippen LogP) is 2.67. The highest BCUT2D eigenvalue weighted by atomic mass is 16.6. The summed E-state index contributed by atoms with van der Waals surface area (Å²) in [5.74, 6) is 0.423. The van der Waals surface area contributed by atoms with Crippen molar-refractivity contribution in [3.63, 3.8) is 0 Å². The van der Waals surface area contributed by atoms with E-state index in [0.29, 0.717) is 41.2 Å². The maximum absolute atomic E-state index is 13.5. The normalized spacial score (nSPS) is 19.0. The van der Waals surface area contributed by atoms with Crippen LogP contribution < -0.4 is 15.2 Å². The summed E-state index contributed by atoms with van der Waals surface area (Å²) in [5.41, 5.74) is 4.72. The Bertz CT molecular complexity index is 1240. The molecule has 0 bridgehead atoms. The molecule has 0 aliphatic carbocycles. The molecule has 10 heteroatoms. The molecule has 3 heterocycles. The SMILES string of the molecule is COC(=O)C1(Oc2cc(-n3cccn3)nc3cc(OC)ccc23)CCCN1C(=O)[C@@H](N)C(C)(C)C. The van der Waals surface area contributed by atoms with Crippen LogP contribution in [-0.2, 0) is 14.3 Å². The van der Waals surface area contributed by atoms with Crippen molar-refractivity contribution in [2.45, 2.75) is 45.4 Å². The molecule has 2 aromatic heterocycles. The van der Waals surface area contributed by atoms with Gasteiger partial charge in [0.05, 0.1) is 25.8 Å². The van der Waals surface area contributed by atoms with Crippen LogP contribution in [-0.4, -0.2) is 64.1 Å². The summed E-state index contributed by atoms with van der Waals surface area (Å²) in [4.78, 5) is 32.8. The highest BCUT2D eigenvalue weighted by Crippen LogP contribution is 2.39. The number of benzene rings is 1. The van der Waals surface area contributed by atoms with Crippen LogP contribution >= 0.6 is 0 Å². The Balaban J connectivity index is 1.86. The van der Waals surface area contributed by atoms with Crippen molar-refractivity contribution >= 4 is 22.8 Å². The standard InChI is InChI=1S/C25H31N5O5/c1-24(2,3)21(26)22(31)29-12-6-10-25(29,23(32)34-5)35-19-15-20(30-13-7-11-27-30)28-18-14-16(33-4)8-9-17(18)19/h7-9,11,13-15,21H,6,10,12,26H2,1-5H3/t21-,25?/m1/s1. The lowest BCUT2D eigenvalue weighted by molar-refractivity contribution is -0.181. The number of likely N-dealkylation sites (tertiary alicyclic amines) is 1. The average molecular weight is 482 g/mol. The van der Waals surface area contributed by atoms with E-state index in [2.05, 4.69) is 10.1 Å². The van der Waals surface area contributed by atoms with Crippen LogP contribution in [0.5, 0.6) is 11.5 Å². The number of carbonyl (C=O) groups is 2. The first-order valence-corrected chi connectivity index (χ1v) is 11.4. The van der Waals surface area contributed by atoms with Crippen LogP contribution in [0.25, 0.3) is 16.7 Å². The van der Waals surface area contributed by atoms with Crippen LogP contribution in [0, 0.1) is 5.41 Å². The largest absolute Gasteiger partial charge is 0.497 e. The first-order chi connectivity index (χ1) is 16.6. The van der Waals surface area contributed by atoms with E-state index in [4.69, 9.17) is 19.9 Å². The first kappa shape index (κ1) is 24.5. The lowest BCUT2D eigenvalue weighted by Gasteiger charge is -2.39. The van der Waals surface area contributed by atoms with Crippen LogP contribution in [0.1, 0.15) is 33.6 Å². The highest BCUT2D eigenvalue weighted by Gasteiger charge is 2.55. The lowest BCUT2D eigenvalue weighted by atomic mass is 9.86. The Kier molecular flexibility index (Phi) is 6.42. The first-order valence-electron chi connectivity index (χ1n) is 11.4. The quantitative estimate of drug-likeness (QED) is 0.533. The highest BCUT2D eigenvalue weighted by molar-refractivity contribution is 5.92. The summed E-state index contributed by atoms with van der Waals surface area (Å²) in [6, 6.07) is 7.99. The van der Waals surface area contributed by atoms with E-state index in [1.54, 1.807) is 54.5 Å². The van der Waals surface area contributed by atoms with Crippen LogP contribution in [0.2, 0.25) is 0 Å². The number of nitrogens with zero attached hydrogens (tertiary/aromatic N) is 4. The molecular weight excluding hydrogens is 450 g/mol. The zero-order chi connectivity index (χ0) is 25.4. The van der Waals surface area contributed by atoms with Gasteiger partial charge in [0.25, 0.3) is 5.72 Å². The third-order valence-electron chi connectivity index (χ3n) is 6.29. The second kappa shape index (κ2) is 9.18. The summed E-state index contributed by atoms with van der Waals surface area (Å²) in [6.45, 7) is 5.96. The number of amides is 1. The molecule has 1 unspecified atom stereocenters. The summed E-state index contributed by atoms with van der Waals surface area (Å²) < 4.78 is 18.6. The van der Waals surface area contributed by atoms with E-state index >= 15 is 0 Å². The molecule has 1 aliphatic rings. The van der Waals surface area contributed by atoms with Crippen molar-refractivity contribution < 1.29 is 23.8 Å². The topological polar surface area (TPSA) is 122 Å². The fourth-order valence-corrected chi connectivity index (χ4v) is 4.22. The molecule has 1 aromatic carbocycles. The zero-order valence-corrected chi connectivity index (χ0v) is 20.6. The minimum Gasteiger partial charge on any atom is -0.497 e. The molecule has 1 aliphatic heterocycles. The van der Waals surface area contributed by atoms with Gasteiger partial charge in [0.15, 0.2) is 5.82 Å². The van der Waals surface area contributed by atoms with Crippen LogP contribution in [0.4, 0.5) is 0 Å². The number of aromatic nitrogens is 3. The number of hydrogen-bond donors (Lipinski definition) is 1. The molecule has 10 nitrogen and oxygen atoms in total. The molecule has 0 spiro atoms. The predicted molar refractivity (Wildman–Crippen MR) is 129 cm³/mol. The van der Waals surface area contributed by atoms with E-state index in [0.717, 1.165) is 0 Å². The van der Waals surface area contributed by atoms with Crippen molar-refractivity contribution in [1.82, 2.24) is 19.7 Å². The van der Waals surface area contributed by atoms with Crippen molar-refractivity contribution in [1.29, 1.82) is 0 Å². The van der Waals surface area contributed by atoms with Gasteiger partial charge in [0.2, 0.25) is 5.91 Å². The molecule has 35 heavy (non-hydrogen) atoms. The number of carbonyl (C=O) groups excluding carboxylic acids is 2. The van der Waals surface area contributed by atoms with Crippen molar-refractivity contribution in [3.8, 4) is 17.3 Å². The number of esters is 1. The fraction of sp³-hybridized carbons (Fsp3) is 0.440. The van der Waals surface area contributed by atoms with Gasteiger partial charge >= 0.3 is 5.97 Å². The van der Waals surface area contributed by atoms with Gasteiger partial charge in [-0.05, 0) is 30.0 Å². The van der Waals surface area contributed by atoms with Gasteiger partial charge in [-0.15, -0.1) is 0 Å². The van der Waals surface area contributed by atoms with Gasteiger partial charge in [-0.25, -0.2) is 14.5 Å². The molecule has 1 fully saturated rings. The summed E-state index contributed by atoms with van der Waals surface area (Å²) in [5, 5.41) is 4.91. The van der Waals surface area contributed by atoms with Gasteiger partial charge in [-0.1, -0.05) is 20.8 Å². The number of fused-ring (bicyclic) bond motifs is 1. The Hall–Kier alpha value is -3.66. The zero-order valence-electron chi connectivity index (χ0n) is 20.6. The molecule has 1 amide bonds. The smallest absolute Gasteiger partial charge is 0.372 e. The van der Waals surface area contributed by atoms with E-state index in [1.165, 1.54) is 12.0 Å². The summed E-state index contributed by atoms with van der Waals surface area (Å²) in [6.07, 6.45) is 4.21. The molecule has 2 N–H and O–H groups in total. The van der Waals surface area contributed by atoms with Gasteiger partial charge in [-0.2, -0.15) is 5.10 Å². The van der Waals surface area contributed by atoms with Crippen LogP contribution in [0.3, 0.4) is 0 Å². The van der Waals surface area contributed by atoms with Crippen molar-refractivity contribution in [3.05, 3.63) is 42.7 Å². The Morgan fingerprint density at radius 2 is 1.97 bits per heavy atom. The van der Waals surface area contributed by atoms with Crippen molar-refractivity contribution in [2.75, 3.05) is 20.8 Å². The molecule has 186 valence electrons. The van der Waals surface area contributed by atoms with E-state index in [-0.39, 0.29) is 12.3 Å². The number of ether oxygens (including phenoxy) is 3. The second-order valence-corrected chi connectivity index (χ2v) is 9.63. The Morgan fingerprint density at radius 1 is 1.20 bits per heavy atom. The number of hydrogen-bond acceptors (Lipinski definition) is 8. The third kappa shape index (κ3) is 4.41. The Labute approximate surface area is 203 Å². The molecule has 4 rings (SSSR count). The molecule has 1 saturated heterocycles. The molecule has 2 atom stereocenters. The lowest BCUT2D eigenvalue weighted by Crippen LogP contribution is -2.62. The van der Waals surface area contributed by atoms with Crippen LogP contribution in [0.15, 0.2) is 42.7 Å². The van der Waals surface area contributed by atoms with E-state index < -0.39 is 23.2 Å². The van der Waals surface area contributed by atoms with Gasteiger partial charge < -0.3 is 19.9 Å². The van der Waals surface area contributed by atoms with Gasteiger partial charge in [0, 0.05) is 42.9 Å². The molecule has 0 radical (unpaired) electrons. The fourth-order valence-electron chi connectivity index (χ4n) is 4.22. The van der Waals surface area contributed by atoms with Gasteiger partial charge in [0.1, 0.15) is 11.5 Å². The minimum atomic E-state index is -1.66. The number of rotatable bonds is 6. The molecular formula is C25H31N5O5. The average Bonchev–Trinajstić information content (AvgIpc) is 3.52. The van der Waals surface area contributed by atoms with Gasteiger partial charge in [-0.3, -0.25) is 9.69 Å². The van der Waals surface area contributed by atoms with E-state index in [1.807, 2.05) is 20.8 Å². The number of nitrogens with two attached hydrogens (primary N) is 1. The third-order valence-corrected chi connectivity index (χ3v) is 6.29. The molecule has 0 saturated carbocycles. The Morgan fingerprint density at radius 3 is 2.60 bits per heavy atom. The summed E-state index contributed by atoms with van der Waals surface area (Å²) in [7, 11) is 2.85. The van der Waals surface area contributed by atoms with E-state index in [9.17, 15) is 9.59 Å². The number of pyridine rings is 1. The van der Waals surface area contributed by atoms with Crippen molar-refractivity contribution in [2.24, 2.45) is 11.1 Å². The monoisotopic (exact) mass is 481 g/mol. The maximum Gasteiger partial charge on any atom is 0.372 e. The minimum absolute atomic E-state index is 0.263.